The zero-order chi connectivity index (χ0) is 14.0. The Bertz CT molecular complexity index is 352. The number of amides is 1. The first-order valence-electron chi connectivity index (χ1n) is 6.01. The number of alkyl halides is 3. The number of rotatable bonds is 4. The van der Waals surface area contributed by atoms with E-state index in [-0.39, 0.29) is 24.1 Å². The zero-order valence-corrected chi connectivity index (χ0v) is 12.3. The second-order valence-electron chi connectivity index (χ2n) is 4.77. The molecule has 0 aliphatic carbocycles. The van der Waals surface area contributed by atoms with Crippen molar-refractivity contribution in [3.63, 3.8) is 0 Å². The normalized spacial score (nSPS) is 30.1. The average Bonchev–Trinajstić information content (AvgIpc) is 2.59. The van der Waals surface area contributed by atoms with Gasteiger partial charge in [-0.3, -0.25) is 4.79 Å². The number of nitrogens with zero attached hydrogens (tertiary/aromatic N) is 1. The van der Waals surface area contributed by atoms with E-state index in [9.17, 15) is 9.59 Å². The van der Waals surface area contributed by atoms with Crippen molar-refractivity contribution in [3.8, 4) is 0 Å². The summed E-state index contributed by atoms with van der Waals surface area (Å²) < 4.78 is 8.08. The van der Waals surface area contributed by atoms with Crippen LogP contribution in [0, 0.1) is 0 Å². The molecule has 0 N–H and O–H groups in total. The minimum Gasteiger partial charge on any atom is -0.431 e. The lowest BCUT2D eigenvalue weighted by Gasteiger charge is -2.35. The highest BCUT2D eigenvalue weighted by Crippen LogP contribution is 2.36. The van der Waals surface area contributed by atoms with E-state index in [0.717, 1.165) is 19.3 Å². The van der Waals surface area contributed by atoms with Crippen LogP contribution in [-0.4, -0.2) is 46.1 Å². The Balaban J connectivity index is 1.85. The third kappa shape index (κ3) is 3.58. The molecule has 2 aliphatic rings. The first kappa shape index (κ1) is 15.0. The molecule has 0 aromatic carbocycles. The van der Waals surface area contributed by atoms with Gasteiger partial charge in [0.05, 0.1) is 5.88 Å². The van der Waals surface area contributed by atoms with Crippen LogP contribution in [0.3, 0.4) is 0 Å². The lowest BCUT2D eigenvalue weighted by molar-refractivity contribution is -0.124. The fourth-order valence-corrected chi connectivity index (χ4v) is 2.92. The summed E-state index contributed by atoms with van der Waals surface area (Å²) in [6.07, 6.45) is 2.76. The Kier molecular flexibility index (Phi) is 4.69. The smallest absolute Gasteiger partial charge is 0.431 e. The van der Waals surface area contributed by atoms with E-state index in [1.807, 2.05) is 0 Å². The molecule has 0 radical (unpaired) electrons. The number of piperidine rings is 1. The van der Waals surface area contributed by atoms with Gasteiger partial charge < -0.3 is 14.4 Å². The van der Waals surface area contributed by atoms with Gasteiger partial charge >= 0.3 is 6.16 Å². The van der Waals surface area contributed by atoms with Crippen LogP contribution in [0.1, 0.15) is 25.7 Å². The molecule has 1 unspecified atom stereocenters. The lowest BCUT2D eigenvalue weighted by Crippen LogP contribution is -2.45. The standard InChI is InChI=1S/C11H14Cl3NO4/c12-5-11(13,14)19-10(17)18-9-3-7-1-2-8(4-9)15(7)6-16/h6-9H,1-5H2/t7-,8+,9?. The molecule has 8 heteroatoms. The van der Waals surface area contributed by atoms with Crippen LogP contribution in [-0.2, 0) is 14.3 Å². The number of halogens is 3. The molecule has 2 saturated heterocycles. The summed E-state index contributed by atoms with van der Waals surface area (Å²) in [4.78, 5) is 24.2. The van der Waals surface area contributed by atoms with Crippen LogP contribution >= 0.6 is 34.8 Å². The van der Waals surface area contributed by atoms with Gasteiger partial charge in [0, 0.05) is 24.9 Å². The number of hydrogen-bond acceptors (Lipinski definition) is 4. The van der Waals surface area contributed by atoms with Crippen molar-refractivity contribution in [3.05, 3.63) is 0 Å². The van der Waals surface area contributed by atoms with Crippen molar-refractivity contribution in [2.45, 2.75) is 48.4 Å². The summed E-state index contributed by atoms with van der Waals surface area (Å²) in [5.74, 6) is -0.250. The fraction of sp³-hybridized carbons (Fsp3) is 0.818. The third-order valence-electron chi connectivity index (χ3n) is 3.52. The number of fused-ring (bicyclic) bond motifs is 2. The monoisotopic (exact) mass is 329 g/mol. The van der Waals surface area contributed by atoms with E-state index < -0.39 is 10.7 Å². The van der Waals surface area contributed by atoms with Crippen molar-refractivity contribution in [1.82, 2.24) is 4.90 Å². The summed E-state index contributed by atoms with van der Waals surface area (Å²) in [6.45, 7) is 0. The zero-order valence-electron chi connectivity index (χ0n) is 10.1. The predicted molar refractivity (Wildman–Crippen MR) is 70.5 cm³/mol. The van der Waals surface area contributed by atoms with Crippen molar-refractivity contribution in [1.29, 1.82) is 0 Å². The largest absolute Gasteiger partial charge is 0.511 e. The van der Waals surface area contributed by atoms with E-state index in [2.05, 4.69) is 4.74 Å². The molecule has 2 rings (SSSR count). The summed E-state index contributed by atoms with van der Waals surface area (Å²) in [5.41, 5.74) is 0. The van der Waals surface area contributed by atoms with Gasteiger partial charge in [0.2, 0.25) is 6.41 Å². The minimum atomic E-state index is -1.78. The molecule has 108 valence electrons. The maximum atomic E-state index is 11.5. The average molecular weight is 331 g/mol. The molecule has 2 aliphatic heterocycles. The molecule has 3 atom stereocenters. The molecular weight excluding hydrogens is 316 g/mol. The van der Waals surface area contributed by atoms with Gasteiger partial charge in [-0.25, -0.2) is 4.79 Å². The second-order valence-corrected chi connectivity index (χ2v) is 6.45. The second kappa shape index (κ2) is 5.94. The van der Waals surface area contributed by atoms with Gasteiger partial charge in [-0.2, -0.15) is 0 Å². The molecule has 2 fully saturated rings. The van der Waals surface area contributed by atoms with Crippen molar-refractivity contribution in [2.24, 2.45) is 0 Å². The Morgan fingerprint density at radius 2 is 1.89 bits per heavy atom. The Hall–Kier alpha value is -0.390. The Labute approximate surface area is 126 Å². The first-order chi connectivity index (χ1) is 8.95. The van der Waals surface area contributed by atoms with E-state index in [0.29, 0.717) is 12.8 Å². The molecule has 2 bridgehead atoms. The van der Waals surface area contributed by atoms with Crippen LogP contribution in [0.25, 0.3) is 0 Å². The summed E-state index contributed by atoms with van der Waals surface area (Å²) in [6, 6.07) is 0.276. The van der Waals surface area contributed by atoms with Gasteiger partial charge in [0.15, 0.2) is 0 Å². The molecule has 0 aromatic rings. The maximum Gasteiger partial charge on any atom is 0.511 e. The summed E-state index contributed by atoms with van der Waals surface area (Å²) in [7, 11) is 0. The van der Waals surface area contributed by atoms with Crippen LogP contribution < -0.4 is 0 Å². The Morgan fingerprint density at radius 1 is 1.32 bits per heavy atom. The van der Waals surface area contributed by atoms with Crippen molar-refractivity contribution >= 4 is 47.4 Å². The van der Waals surface area contributed by atoms with Crippen LogP contribution in [0.2, 0.25) is 0 Å². The topological polar surface area (TPSA) is 55.8 Å². The number of ether oxygens (including phenoxy) is 2. The quantitative estimate of drug-likeness (QED) is 0.452. The van der Waals surface area contributed by atoms with Crippen LogP contribution in [0.4, 0.5) is 4.79 Å². The lowest BCUT2D eigenvalue weighted by atomic mass is 10.0. The molecular formula is C11H14Cl3NO4. The highest BCUT2D eigenvalue weighted by atomic mass is 35.5. The molecule has 0 aromatic heterocycles. The van der Waals surface area contributed by atoms with Gasteiger partial charge in [0.25, 0.3) is 4.52 Å². The highest BCUT2D eigenvalue weighted by molar-refractivity contribution is 6.50. The van der Waals surface area contributed by atoms with E-state index >= 15 is 0 Å². The van der Waals surface area contributed by atoms with E-state index in [1.54, 1.807) is 4.90 Å². The SMILES string of the molecule is O=CN1[C@@H]2CC[C@H]1CC(OC(=O)OC(Cl)(Cl)CCl)C2. The van der Waals surface area contributed by atoms with E-state index in [1.165, 1.54) is 0 Å². The van der Waals surface area contributed by atoms with Crippen LogP contribution in [0.15, 0.2) is 0 Å². The first-order valence-corrected chi connectivity index (χ1v) is 7.30. The minimum absolute atomic E-state index is 0.138. The molecule has 19 heavy (non-hydrogen) atoms. The number of carbonyl (C=O) groups excluding carboxylic acids is 2. The number of hydrogen-bond donors (Lipinski definition) is 0. The maximum absolute atomic E-state index is 11.5. The third-order valence-corrected chi connectivity index (χ3v) is 4.59. The van der Waals surface area contributed by atoms with Gasteiger partial charge in [0.1, 0.15) is 6.10 Å². The summed E-state index contributed by atoms with van der Waals surface area (Å²) >= 11 is 16.6. The van der Waals surface area contributed by atoms with Gasteiger partial charge in [-0.1, -0.05) is 23.2 Å². The van der Waals surface area contributed by atoms with Crippen molar-refractivity contribution in [2.75, 3.05) is 5.88 Å². The van der Waals surface area contributed by atoms with Gasteiger partial charge in [-0.15, -0.1) is 11.6 Å². The fourth-order valence-electron chi connectivity index (χ4n) is 2.74. The van der Waals surface area contributed by atoms with E-state index in [4.69, 9.17) is 39.5 Å². The number of carbonyl (C=O) groups is 2. The predicted octanol–water partition coefficient (Wildman–Crippen LogP) is 2.66. The molecule has 0 spiro atoms. The molecule has 1 amide bonds. The van der Waals surface area contributed by atoms with Crippen LogP contribution in [0.5, 0.6) is 0 Å². The molecule has 5 nitrogen and oxygen atoms in total. The van der Waals surface area contributed by atoms with Gasteiger partial charge in [-0.05, 0) is 12.8 Å². The molecule has 2 heterocycles. The Morgan fingerprint density at radius 3 is 2.37 bits per heavy atom. The summed E-state index contributed by atoms with van der Waals surface area (Å²) in [5, 5.41) is 0. The molecule has 0 saturated carbocycles. The van der Waals surface area contributed by atoms with Crippen molar-refractivity contribution < 1.29 is 19.1 Å². The highest BCUT2D eigenvalue weighted by Gasteiger charge is 2.42.